The predicted octanol–water partition coefficient (Wildman–Crippen LogP) is 8.55. The molecule has 180 valence electrons. The molecular weight excluding hydrogens is 439 g/mol. The molecule has 0 aliphatic carbocycles. The normalized spacial score (nSPS) is 12.0. The number of hydrogen-bond donors (Lipinski definition) is 0. The molecule has 0 aliphatic heterocycles. The summed E-state index contributed by atoms with van der Waals surface area (Å²) in [5.41, 5.74) is 6.06. The quantitative estimate of drug-likeness (QED) is 0.222. The third-order valence-electron chi connectivity index (χ3n) is 7.24. The van der Waals surface area contributed by atoms with Crippen LogP contribution in [-0.2, 0) is 6.16 Å². The Morgan fingerprint density at radius 2 is 0.829 bits per heavy atom. The number of rotatable bonds is 8. The van der Waals surface area contributed by atoms with Crippen molar-refractivity contribution in [2.75, 3.05) is 0 Å². The van der Waals surface area contributed by atoms with E-state index in [0.717, 1.165) is 6.16 Å². The molecule has 0 aromatic heterocycles. The van der Waals surface area contributed by atoms with Gasteiger partial charge in [-0.3, -0.25) is 0 Å². The Morgan fingerprint density at radius 3 is 1.11 bits per heavy atom. The molecule has 0 fully saturated rings. The molecule has 0 bridgehead atoms. The molecule has 0 atom stereocenters. The minimum atomic E-state index is -1.95. The van der Waals surface area contributed by atoms with Gasteiger partial charge in [-0.2, -0.15) is 0 Å². The van der Waals surface area contributed by atoms with Gasteiger partial charge in [-0.1, -0.05) is 108 Å². The van der Waals surface area contributed by atoms with Gasteiger partial charge in [0.2, 0.25) is 0 Å². The van der Waals surface area contributed by atoms with Gasteiger partial charge in [-0.25, -0.2) is 0 Å². The zero-order valence-corrected chi connectivity index (χ0v) is 23.1. The minimum absolute atomic E-state index is 0.477. The van der Waals surface area contributed by atoms with Gasteiger partial charge in [0.25, 0.3) is 0 Å². The van der Waals surface area contributed by atoms with Crippen molar-refractivity contribution in [3.63, 3.8) is 0 Å². The van der Waals surface area contributed by atoms with E-state index in [2.05, 4.69) is 145 Å². The summed E-state index contributed by atoms with van der Waals surface area (Å²) in [7, 11) is -1.95. The van der Waals surface area contributed by atoms with Crippen LogP contribution in [0.25, 0.3) is 0 Å². The van der Waals surface area contributed by atoms with Crippen LogP contribution in [0.15, 0.2) is 103 Å². The van der Waals surface area contributed by atoms with Gasteiger partial charge < -0.3 is 0 Å². The molecule has 0 N–H and O–H groups in total. The monoisotopic (exact) mass is 479 g/mol. The van der Waals surface area contributed by atoms with Crippen LogP contribution in [0, 0.1) is 0 Å². The zero-order valence-electron chi connectivity index (χ0n) is 22.2. The maximum atomic E-state index is 2.51. The van der Waals surface area contributed by atoms with Gasteiger partial charge in [0.1, 0.15) is 23.2 Å². The molecule has 0 saturated carbocycles. The molecule has 4 rings (SSSR count). The average Bonchev–Trinajstić information content (AvgIpc) is 2.88. The molecule has 0 spiro atoms. The number of benzene rings is 4. The lowest BCUT2D eigenvalue weighted by Gasteiger charge is -2.31. The van der Waals surface area contributed by atoms with Crippen LogP contribution < -0.4 is 15.9 Å². The molecule has 1 heteroatoms. The molecule has 0 unspecified atom stereocenters. The van der Waals surface area contributed by atoms with Crippen LogP contribution >= 0.6 is 7.26 Å². The van der Waals surface area contributed by atoms with Gasteiger partial charge in [-0.15, -0.1) is 0 Å². The fourth-order valence-corrected chi connectivity index (χ4v) is 9.62. The smallest absolute Gasteiger partial charge is 0.0620 e. The van der Waals surface area contributed by atoms with Gasteiger partial charge in [-0.05, 0) is 76.4 Å². The van der Waals surface area contributed by atoms with Crippen molar-refractivity contribution in [1.82, 2.24) is 0 Å². The lowest BCUT2D eigenvalue weighted by Crippen LogP contribution is -2.33. The van der Waals surface area contributed by atoms with E-state index in [4.69, 9.17) is 0 Å². The van der Waals surface area contributed by atoms with Crippen molar-refractivity contribution in [2.45, 2.75) is 65.5 Å². The highest BCUT2D eigenvalue weighted by Crippen LogP contribution is 2.59. The molecule has 0 radical (unpaired) electrons. The summed E-state index contributed by atoms with van der Waals surface area (Å²) in [6.45, 7) is 14.1. The SMILES string of the molecule is CC(C)c1cc(C(C)C)c(C[P+](c2ccccc2)(c2ccccc2)c2ccccc2)c(C(C)C)c1. The summed E-state index contributed by atoms with van der Waals surface area (Å²) < 4.78 is 0. The van der Waals surface area contributed by atoms with Crippen molar-refractivity contribution in [3.8, 4) is 0 Å². The topological polar surface area (TPSA) is 0 Å². The summed E-state index contributed by atoms with van der Waals surface area (Å²) >= 11 is 0. The van der Waals surface area contributed by atoms with Crippen LogP contribution in [-0.4, -0.2) is 0 Å². The van der Waals surface area contributed by atoms with Gasteiger partial charge in [0.05, 0.1) is 6.16 Å². The highest BCUT2D eigenvalue weighted by molar-refractivity contribution is 7.95. The van der Waals surface area contributed by atoms with E-state index in [1.165, 1.54) is 32.6 Å². The lowest BCUT2D eigenvalue weighted by atomic mass is 9.85. The van der Waals surface area contributed by atoms with Crippen molar-refractivity contribution in [1.29, 1.82) is 0 Å². The first kappa shape index (κ1) is 25.4. The third kappa shape index (κ3) is 5.14. The van der Waals surface area contributed by atoms with Crippen molar-refractivity contribution in [3.05, 3.63) is 125 Å². The second kappa shape index (κ2) is 10.9. The van der Waals surface area contributed by atoms with Crippen LogP contribution in [0.2, 0.25) is 0 Å². The largest absolute Gasteiger partial charge is 0.116 e. The highest BCUT2D eigenvalue weighted by Gasteiger charge is 2.46. The first-order valence-electron chi connectivity index (χ1n) is 13.1. The van der Waals surface area contributed by atoms with Crippen LogP contribution in [0.3, 0.4) is 0 Å². The fourth-order valence-electron chi connectivity index (χ4n) is 5.29. The van der Waals surface area contributed by atoms with E-state index in [9.17, 15) is 0 Å². The fraction of sp³-hybridized carbons (Fsp3) is 0.294. The van der Waals surface area contributed by atoms with Crippen LogP contribution in [0.5, 0.6) is 0 Å². The first-order valence-corrected chi connectivity index (χ1v) is 15.0. The Labute approximate surface area is 213 Å². The Bertz CT molecular complexity index is 1100. The summed E-state index contributed by atoms with van der Waals surface area (Å²) in [6, 6.07) is 38.9. The Kier molecular flexibility index (Phi) is 7.93. The van der Waals surface area contributed by atoms with E-state index in [1.807, 2.05) is 0 Å². The molecular formula is C34H40P+. The third-order valence-corrected chi connectivity index (χ3v) is 11.6. The zero-order chi connectivity index (χ0) is 25.0. The molecule has 0 heterocycles. The Balaban J connectivity index is 2.08. The molecule has 0 nitrogen and oxygen atoms in total. The molecule has 35 heavy (non-hydrogen) atoms. The summed E-state index contributed by atoms with van der Waals surface area (Å²) in [5, 5.41) is 4.36. The minimum Gasteiger partial charge on any atom is -0.0620 e. The van der Waals surface area contributed by atoms with E-state index in [0.29, 0.717) is 17.8 Å². The summed E-state index contributed by atoms with van der Waals surface area (Å²) in [6.07, 6.45) is 1.05. The maximum absolute atomic E-state index is 2.51. The predicted molar refractivity (Wildman–Crippen MR) is 158 cm³/mol. The van der Waals surface area contributed by atoms with Gasteiger partial charge >= 0.3 is 0 Å². The van der Waals surface area contributed by atoms with E-state index >= 15 is 0 Å². The van der Waals surface area contributed by atoms with Gasteiger partial charge in [0, 0.05) is 0 Å². The molecule has 0 amide bonds. The van der Waals surface area contributed by atoms with Crippen molar-refractivity contribution in [2.24, 2.45) is 0 Å². The van der Waals surface area contributed by atoms with Crippen molar-refractivity contribution >= 4 is 23.2 Å². The summed E-state index contributed by atoms with van der Waals surface area (Å²) in [4.78, 5) is 0. The second-order valence-electron chi connectivity index (χ2n) is 10.6. The van der Waals surface area contributed by atoms with Crippen LogP contribution in [0.1, 0.15) is 81.5 Å². The van der Waals surface area contributed by atoms with E-state index in [1.54, 1.807) is 5.56 Å². The first-order chi connectivity index (χ1) is 16.8. The molecule has 0 saturated heterocycles. The highest BCUT2D eigenvalue weighted by atomic mass is 31.2. The Hall–Kier alpha value is -2.69. The van der Waals surface area contributed by atoms with E-state index in [-0.39, 0.29) is 0 Å². The van der Waals surface area contributed by atoms with E-state index < -0.39 is 7.26 Å². The van der Waals surface area contributed by atoms with Crippen LogP contribution in [0.4, 0.5) is 0 Å². The Morgan fingerprint density at radius 1 is 0.486 bits per heavy atom. The van der Waals surface area contributed by atoms with Gasteiger partial charge in [0.15, 0.2) is 0 Å². The molecule has 0 aliphatic rings. The standard InChI is InChI=1S/C34H40P/c1-25(2)28-22-32(26(3)4)34(33(23-28)27(5)6)24-35(29-16-10-7-11-17-29,30-18-12-8-13-19-30)31-20-14-9-15-21-31/h7-23,25-27H,24H2,1-6H3/q+1. The summed E-state index contributed by atoms with van der Waals surface area (Å²) in [5.74, 6) is 1.48. The lowest BCUT2D eigenvalue weighted by molar-refractivity contribution is 0.789. The second-order valence-corrected chi connectivity index (χ2v) is 14.1. The number of hydrogen-bond acceptors (Lipinski definition) is 0. The molecule has 4 aromatic rings. The van der Waals surface area contributed by atoms with Crippen molar-refractivity contribution < 1.29 is 0 Å². The molecule has 4 aromatic carbocycles. The maximum Gasteiger partial charge on any atom is 0.116 e. The average molecular weight is 480 g/mol.